The Kier molecular flexibility index (Phi) is 4.32. The zero-order valence-electron chi connectivity index (χ0n) is 11.1. The third kappa shape index (κ3) is 2.95. The molecule has 0 aromatic heterocycles. The number of benzene rings is 1. The number of nitrogens with zero attached hydrogens (tertiary/aromatic N) is 1. The Bertz CT molecular complexity index is 533. The molecule has 2 rings (SSSR count). The minimum absolute atomic E-state index is 0.0648. The average Bonchev–Trinajstić information content (AvgIpc) is 2.91. The van der Waals surface area contributed by atoms with Crippen molar-refractivity contribution >= 4 is 11.9 Å². The molecule has 6 heteroatoms. The van der Waals surface area contributed by atoms with Crippen LogP contribution in [0.2, 0.25) is 0 Å². The number of esters is 1. The molecule has 0 aliphatic carbocycles. The van der Waals surface area contributed by atoms with Crippen molar-refractivity contribution in [2.45, 2.75) is 25.3 Å². The molecule has 20 heavy (non-hydrogen) atoms. The van der Waals surface area contributed by atoms with Crippen LogP contribution < -0.4 is 0 Å². The second-order valence-corrected chi connectivity index (χ2v) is 4.69. The molecule has 1 aromatic carbocycles. The van der Waals surface area contributed by atoms with Crippen LogP contribution in [0.5, 0.6) is 0 Å². The van der Waals surface area contributed by atoms with Gasteiger partial charge in [0.2, 0.25) is 5.91 Å². The number of likely N-dealkylation sites (tertiary alicyclic amines) is 1. The lowest BCUT2D eigenvalue weighted by Crippen LogP contribution is -2.41. The molecule has 0 bridgehead atoms. The van der Waals surface area contributed by atoms with Gasteiger partial charge in [-0.15, -0.1) is 0 Å². The van der Waals surface area contributed by atoms with Crippen LogP contribution in [0.15, 0.2) is 18.2 Å². The van der Waals surface area contributed by atoms with E-state index in [2.05, 4.69) is 4.74 Å². The third-order valence-corrected chi connectivity index (χ3v) is 3.39. The van der Waals surface area contributed by atoms with E-state index in [0.29, 0.717) is 18.5 Å². The van der Waals surface area contributed by atoms with Gasteiger partial charge >= 0.3 is 5.97 Å². The van der Waals surface area contributed by atoms with Crippen LogP contribution in [0.25, 0.3) is 0 Å². The van der Waals surface area contributed by atoms with Gasteiger partial charge in [0.1, 0.15) is 6.04 Å². The predicted octanol–water partition coefficient (Wildman–Crippen LogP) is 1.67. The quantitative estimate of drug-likeness (QED) is 0.793. The first-order valence-corrected chi connectivity index (χ1v) is 6.34. The fourth-order valence-corrected chi connectivity index (χ4v) is 2.37. The molecule has 1 amide bonds. The molecule has 0 spiro atoms. The fraction of sp³-hybridized carbons (Fsp3) is 0.429. The summed E-state index contributed by atoms with van der Waals surface area (Å²) in [7, 11) is 1.28. The van der Waals surface area contributed by atoms with Crippen LogP contribution in [-0.2, 0) is 20.7 Å². The zero-order chi connectivity index (χ0) is 14.7. The van der Waals surface area contributed by atoms with Gasteiger partial charge in [-0.25, -0.2) is 13.6 Å². The molecule has 4 nitrogen and oxygen atoms in total. The van der Waals surface area contributed by atoms with Crippen molar-refractivity contribution in [3.63, 3.8) is 0 Å². The van der Waals surface area contributed by atoms with Crippen LogP contribution in [-0.4, -0.2) is 36.5 Å². The van der Waals surface area contributed by atoms with Crippen molar-refractivity contribution < 1.29 is 23.1 Å². The summed E-state index contributed by atoms with van der Waals surface area (Å²) < 4.78 is 30.6. The summed E-state index contributed by atoms with van der Waals surface area (Å²) in [5, 5.41) is 0. The van der Waals surface area contributed by atoms with Crippen LogP contribution in [0.1, 0.15) is 18.4 Å². The van der Waals surface area contributed by atoms with Gasteiger partial charge in [-0.1, -0.05) is 6.07 Å². The van der Waals surface area contributed by atoms with Gasteiger partial charge in [-0.3, -0.25) is 4.79 Å². The van der Waals surface area contributed by atoms with E-state index in [1.165, 1.54) is 18.1 Å². The van der Waals surface area contributed by atoms with Gasteiger partial charge in [0, 0.05) is 6.54 Å². The molecule has 1 unspecified atom stereocenters. The predicted molar refractivity (Wildman–Crippen MR) is 66.8 cm³/mol. The Morgan fingerprint density at radius 1 is 1.35 bits per heavy atom. The molecule has 0 N–H and O–H groups in total. The molecule has 1 aliphatic rings. The molecular weight excluding hydrogens is 268 g/mol. The standard InChI is InChI=1S/C14H15F2NO3/c1-20-14(19)12-3-2-6-17(12)13(18)8-9-4-5-10(15)11(16)7-9/h4-5,7,12H,2-3,6,8H2,1H3. The third-order valence-electron chi connectivity index (χ3n) is 3.39. The van der Waals surface area contributed by atoms with Gasteiger partial charge in [-0.2, -0.15) is 0 Å². The van der Waals surface area contributed by atoms with Crippen molar-refractivity contribution in [2.75, 3.05) is 13.7 Å². The SMILES string of the molecule is COC(=O)C1CCCN1C(=O)Cc1ccc(F)c(F)c1. The van der Waals surface area contributed by atoms with Crippen LogP contribution in [0, 0.1) is 11.6 Å². The van der Waals surface area contributed by atoms with Gasteiger partial charge in [-0.05, 0) is 30.5 Å². The Balaban J connectivity index is 2.07. The first-order valence-electron chi connectivity index (χ1n) is 6.34. The largest absolute Gasteiger partial charge is 0.467 e. The van der Waals surface area contributed by atoms with Gasteiger partial charge in [0.25, 0.3) is 0 Å². The molecule has 0 saturated carbocycles. The van der Waals surface area contributed by atoms with E-state index in [1.54, 1.807) is 0 Å². The lowest BCUT2D eigenvalue weighted by Gasteiger charge is -2.22. The van der Waals surface area contributed by atoms with E-state index in [4.69, 9.17) is 0 Å². The molecular formula is C14H15F2NO3. The first kappa shape index (κ1) is 14.4. The highest BCUT2D eigenvalue weighted by Crippen LogP contribution is 2.20. The molecule has 1 saturated heterocycles. The molecule has 1 heterocycles. The van der Waals surface area contributed by atoms with Crippen LogP contribution in [0.3, 0.4) is 0 Å². The second kappa shape index (κ2) is 5.98. The van der Waals surface area contributed by atoms with Gasteiger partial charge in [0.15, 0.2) is 11.6 Å². The van der Waals surface area contributed by atoms with Crippen molar-refractivity contribution in [2.24, 2.45) is 0 Å². The number of methoxy groups -OCH3 is 1. The van der Waals surface area contributed by atoms with Crippen molar-refractivity contribution in [1.29, 1.82) is 0 Å². The maximum absolute atomic E-state index is 13.1. The topological polar surface area (TPSA) is 46.6 Å². The number of carbonyl (C=O) groups excluding carboxylic acids is 2. The summed E-state index contributed by atoms with van der Waals surface area (Å²) in [6.45, 7) is 0.474. The molecule has 1 aliphatic heterocycles. The summed E-state index contributed by atoms with van der Waals surface area (Å²) in [5.74, 6) is -2.67. The van der Waals surface area contributed by atoms with E-state index in [9.17, 15) is 18.4 Å². The fourth-order valence-electron chi connectivity index (χ4n) is 2.37. The Labute approximate surface area is 115 Å². The molecule has 1 fully saturated rings. The number of hydrogen-bond donors (Lipinski definition) is 0. The van der Waals surface area contributed by atoms with Crippen molar-refractivity contribution in [1.82, 2.24) is 4.90 Å². The van der Waals surface area contributed by atoms with Crippen molar-refractivity contribution in [3.05, 3.63) is 35.4 Å². The minimum Gasteiger partial charge on any atom is -0.467 e. The maximum atomic E-state index is 13.1. The van der Waals surface area contributed by atoms with Gasteiger partial charge < -0.3 is 9.64 Å². The van der Waals surface area contributed by atoms with Crippen LogP contribution in [0.4, 0.5) is 8.78 Å². The summed E-state index contributed by atoms with van der Waals surface area (Å²) in [6, 6.07) is 2.77. The monoisotopic (exact) mass is 283 g/mol. The summed E-state index contributed by atoms with van der Waals surface area (Å²) in [5.41, 5.74) is 0.379. The second-order valence-electron chi connectivity index (χ2n) is 4.69. The van der Waals surface area contributed by atoms with Gasteiger partial charge in [0.05, 0.1) is 13.5 Å². The summed E-state index contributed by atoms with van der Waals surface area (Å²) in [6.07, 6.45) is 1.23. The smallest absolute Gasteiger partial charge is 0.328 e. The van der Waals surface area contributed by atoms with E-state index in [0.717, 1.165) is 18.6 Å². The lowest BCUT2D eigenvalue weighted by molar-refractivity contribution is -0.150. The average molecular weight is 283 g/mol. The Morgan fingerprint density at radius 2 is 2.10 bits per heavy atom. The summed E-state index contributed by atoms with van der Waals surface area (Å²) >= 11 is 0. The Hall–Kier alpha value is -1.98. The van der Waals surface area contributed by atoms with Crippen molar-refractivity contribution in [3.8, 4) is 0 Å². The Morgan fingerprint density at radius 3 is 2.75 bits per heavy atom. The number of carbonyl (C=O) groups is 2. The molecule has 1 atom stereocenters. The number of rotatable bonds is 3. The molecule has 108 valence electrons. The lowest BCUT2D eigenvalue weighted by atomic mass is 10.1. The number of ether oxygens (including phenoxy) is 1. The van der Waals surface area contributed by atoms with E-state index < -0.39 is 23.6 Å². The molecule has 0 radical (unpaired) electrons. The number of hydrogen-bond acceptors (Lipinski definition) is 3. The normalized spacial score (nSPS) is 18.1. The summed E-state index contributed by atoms with van der Waals surface area (Å²) in [4.78, 5) is 25.1. The van der Waals surface area contributed by atoms with E-state index in [-0.39, 0.29) is 12.3 Å². The maximum Gasteiger partial charge on any atom is 0.328 e. The number of halogens is 2. The van der Waals surface area contributed by atoms with E-state index >= 15 is 0 Å². The first-order chi connectivity index (χ1) is 9.52. The van der Waals surface area contributed by atoms with E-state index in [1.807, 2.05) is 0 Å². The zero-order valence-corrected chi connectivity index (χ0v) is 11.1. The highest BCUT2D eigenvalue weighted by molar-refractivity contribution is 5.86. The highest BCUT2D eigenvalue weighted by Gasteiger charge is 2.34. The minimum atomic E-state index is -0.985. The van der Waals surface area contributed by atoms with Crippen LogP contribution >= 0.6 is 0 Å². The highest BCUT2D eigenvalue weighted by atomic mass is 19.2. The molecule has 1 aromatic rings. The number of amides is 1.